The van der Waals surface area contributed by atoms with Crippen molar-refractivity contribution in [2.24, 2.45) is 0 Å². The Kier molecular flexibility index (Phi) is 14.3. The Morgan fingerprint density at radius 1 is 0.800 bits per heavy atom. The van der Waals surface area contributed by atoms with Crippen LogP contribution in [0, 0.1) is 0 Å². The molecule has 2 nitrogen and oxygen atoms in total. The maximum absolute atomic E-state index is 10.3. The van der Waals surface area contributed by atoms with Crippen LogP contribution < -0.4 is 0 Å². The van der Waals surface area contributed by atoms with Gasteiger partial charge in [0.25, 0.3) is 0 Å². The van der Waals surface area contributed by atoms with Crippen LogP contribution in [0.5, 0.6) is 0 Å². The molecule has 0 saturated heterocycles. The maximum Gasteiger partial charge on any atom is 0.303 e. The molecular weight excluding hydrogens is 248 g/mol. The zero-order valence-electron chi connectivity index (χ0n) is 12.6. The maximum atomic E-state index is 10.3. The van der Waals surface area contributed by atoms with Crippen molar-refractivity contribution in [3.05, 3.63) is 48.6 Å². The predicted molar refractivity (Wildman–Crippen MR) is 86.8 cm³/mol. The van der Waals surface area contributed by atoms with Gasteiger partial charge in [0.05, 0.1) is 0 Å². The summed E-state index contributed by atoms with van der Waals surface area (Å²) in [6.45, 7) is 2.22. The van der Waals surface area contributed by atoms with E-state index in [-0.39, 0.29) is 6.42 Å². The summed E-state index contributed by atoms with van der Waals surface area (Å²) in [5.74, 6) is -0.707. The van der Waals surface area contributed by atoms with Crippen molar-refractivity contribution in [3.8, 4) is 0 Å². The van der Waals surface area contributed by atoms with Crippen molar-refractivity contribution in [3.63, 3.8) is 0 Å². The lowest BCUT2D eigenvalue weighted by Crippen LogP contribution is -1.92. The first kappa shape index (κ1) is 18.4. The molecule has 0 fully saturated rings. The Hall–Kier alpha value is -1.57. The van der Waals surface area contributed by atoms with Crippen LogP contribution in [-0.2, 0) is 4.79 Å². The molecule has 0 aliphatic carbocycles. The van der Waals surface area contributed by atoms with E-state index in [1.165, 1.54) is 19.3 Å². The molecule has 2 heteroatoms. The van der Waals surface area contributed by atoms with E-state index >= 15 is 0 Å². The molecule has 112 valence electrons. The largest absolute Gasteiger partial charge is 0.481 e. The quantitative estimate of drug-likeness (QED) is 0.381. The van der Waals surface area contributed by atoms with Crippen LogP contribution in [0.15, 0.2) is 48.6 Å². The summed E-state index contributed by atoms with van der Waals surface area (Å²) in [6.07, 6.45) is 24.4. The molecule has 0 amide bonds. The molecule has 0 unspecified atom stereocenters. The smallest absolute Gasteiger partial charge is 0.303 e. The molecule has 0 heterocycles. The van der Waals surface area contributed by atoms with E-state index in [2.05, 4.69) is 25.2 Å². The molecule has 0 aromatic heterocycles. The van der Waals surface area contributed by atoms with Crippen LogP contribution in [0.2, 0.25) is 0 Å². The number of carboxylic acid groups (broad SMARTS) is 1. The van der Waals surface area contributed by atoms with E-state index < -0.39 is 5.97 Å². The minimum Gasteiger partial charge on any atom is -0.481 e. The van der Waals surface area contributed by atoms with Crippen LogP contribution in [0.3, 0.4) is 0 Å². The molecular formula is C18H28O2. The van der Waals surface area contributed by atoms with Gasteiger partial charge in [0.1, 0.15) is 0 Å². The highest BCUT2D eigenvalue weighted by Crippen LogP contribution is 2.01. The van der Waals surface area contributed by atoms with Crippen molar-refractivity contribution >= 4 is 5.97 Å². The minimum atomic E-state index is -0.707. The first-order chi connectivity index (χ1) is 9.77. The second-order valence-electron chi connectivity index (χ2n) is 4.76. The Morgan fingerprint density at radius 3 is 1.80 bits per heavy atom. The van der Waals surface area contributed by atoms with E-state index in [1.54, 1.807) is 0 Å². The van der Waals surface area contributed by atoms with Crippen molar-refractivity contribution in [2.45, 2.75) is 58.3 Å². The summed E-state index contributed by atoms with van der Waals surface area (Å²) in [5, 5.41) is 8.48. The van der Waals surface area contributed by atoms with Gasteiger partial charge in [0.2, 0.25) is 0 Å². The first-order valence-corrected chi connectivity index (χ1v) is 7.64. The molecule has 0 aromatic carbocycles. The molecule has 0 saturated carbocycles. The molecule has 1 N–H and O–H groups in total. The third-order valence-corrected chi connectivity index (χ3v) is 2.81. The van der Waals surface area contributed by atoms with Crippen molar-refractivity contribution in [1.29, 1.82) is 0 Å². The summed E-state index contributed by atoms with van der Waals surface area (Å²) in [6, 6.07) is 0. The molecule has 0 radical (unpaired) electrons. The Balaban J connectivity index is 3.47. The van der Waals surface area contributed by atoms with Crippen molar-refractivity contribution in [2.75, 3.05) is 0 Å². The van der Waals surface area contributed by atoms with Gasteiger partial charge in [0, 0.05) is 6.42 Å². The van der Waals surface area contributed by atoms with E-state index in [9.17, 15) is 4.79 Å². The number of carbonyl (C=O) groups is 1. The SMILES string of the molecule is CCCCC\C=C/C=C/C=C/C=C\CCCCC(=O)O. The van der Waals surface area contributed by atoms with Gasteiger partial charge >= 0.3 is 5.97 Å². The second-order valence-corrected chi connectivity index (χ2v) is 4.76. The fourth-order valence-corrected chi connectivity index (χ4v) is 1.66. The third kappa shape index (κ3) is 16.4. The standard InChI is InChI=1S/C18H28O2/c1-2-3-4-5-6-7-8-9-10-11-12-13-14-15-16-17-18(19)20/h6-13H,2-5,14-17H2,1H3,(H,19,20)/b7-6-,9-8+,11-10+,13-12-. The highest BCUT2D eigenvalue weighted by atomic mass is 16.4. The van der Waals surface area contributed by atoms with Gasteiger partial charge in [-0.1, -0.05) is 68.4 Å². The Labute approximate surface area is 123 Å². The molecule has 0 atom stereocenters. The number of unbranched alkanes of at least 4 members (excludes halogenated alkanes) is 5. The number of aliphatic carboxylic acids is 1. The van der Waals surface area contributed by atoms with E-state index in [4.69, 9.17) is 5.11 Å². The van der Waals surface area contributed by atoms with Crippen LogP contribution >= 0.6 is 0 Å². The average Bonchev–Trinajstić information content (AvgIpc) is 2.43. The van der Waals surface area contributed by atoms with Crippen LogP contribution in [-0.4, -0.2) is 11.1 Å². The molecule has 0 bridgehead atoms. The predicted octanol–water partition coefficient (Wildman–Crippen LogP) is 5.44. The van der Waals surface area contributed by atoms with Crippen molar-refractivity contribution < 1.29 is 9.90 Å². The molecule has 0 aliphatic heterocycles. The Morgan fingerprint density at radius 2 is 1.30 bits per heavy atom. The van der Waals surface area contributed by atoms with Gasteiger partial charge in [0.15, 0.2) is 0 Å². The van der Waals surface area contributed by atoms with Crippen LogP contribution in [0.1, 0.15) is 58.3 Å². The normalized spacial score (nSPS) is 12.4. The van der Waals surface area contributed by atoms with E-state index in [1.807, 2.05) is 30.4 Å². The number of hydrogen-bond acceptors (Lipinski definition) is 1. The first-order valence-electron chi connectivity index (χ1n) is 7.64. The molecule has 0 aliphatic rings. The van der Waals surface area contributed by atoms with Crippen molar-refractivity contribution in [1.82, 2.24) is 0 Å². The minimum absolute atomic E-state index is 0.275. The fraction of sp³-hybridized carbons (Fsp3) is 0.500. The summed E-state index contributed by atoms with van der Waals surface area (Å²) in [5.41, 5.74) is 0. The zero-order valence-corrected chi connectivity index (χ0v) is 12.6. The lowest BCUT2D eigenvalue weighted by molar-refractivity contribution is -0.137. The summed E-state index contributed by atoms with van der Waals surface area (Å²) in [7, 11) is 0. The average molecular weight is 276 g/mol. The van der Waals surface area contributed by atoms with Gasteiger partial charge in [-0.15, -0.1) is 0 Å². The molecule has 0 rings (SSSR count). The van der Waals surface area contributed by atoms with E-state index in [0.29, 0.717) is 0 Å². The second kappa shape index (κ2) is 15.5. The highest BCUT2D eigenvalue weighted by molar-refractivity contribution is 5.66. The molecule has 0 spiro atoms. The van der Waals surface area contributed by atoms with Gasteiger partial charge < -0.3 is 5.11 Å². The summed E-state index contributed by atoms with van der Waals surface area (Å²) < 4.78 is 0. The van der Waals surface area contributed by atoms with Gasteiger partial charge in [-0.2, -0.15) is 0 Å². The van der Waals surface area contributed by atoms with Gasteiger partial charge in [-0.3, -0.25) is 4.79 Å². The lowest BCUT2D eigenvalue weighted by atomic mass is 10.2. The lowest BCUT2D eigenvalue weighted by Gasteiger charge is -1.91. The van der Waals surface area contributed by atoms with E-state index in [0.717, 1.165) is 25.7 Å². The number of allylic oxidation sites excluding steroid dienone is 8. The van der Waals surface area contributed by atoms with Crippen LogP contribution in [0.25, 0.3) is 0 Å². The third-order valence-electron chi connectivity index (χ3n) is 2.81. The monoisotopic (exact) mass is 276 g/mol. The Bertz CT molecular complexity index is 335. The zero-order chi connectivity index (χ0) is 14.9. The summed E-state index contributed by atoms with van der Waals surface area (Å²) >= 11 is 0. The van der Waals surface area contributed by atoms with Gasteiger partial charge in [-0.25, -0.2) is 0 Å². The van der Waals surface area contributed by atoms with Gasteiger partial charge in [-0.05, 0) is 32.1 Å². The topological polar surface area (TPSA) is 37.3 Å². The van der Waals surface area contributed by atoms with Crippen LogP contribution in [0.4, 0.5) is 0 Å². The molecule has 20 heavy (non-hydrogen) atoms. The number of hydrogen-bond donors (Lipinski definition) is 1. The highest BCUT2D eigenvalue weighted by Gasteiger charge is 1.93. The summed E-state index contributed by atoms with van der Waals surface area (Å²) in [4.78, 5) is 10.3. The number of carboxylic acids is 1. The number of rotatable bonds is 12. The molecule has 0 aromatic rings. The fourth-order valence-electron chi connectivity index (χ4n) is 1.66.